The van der Waals surface area contributed by atoms with Crippen molar-refractivity contribution in [3.05, 3.63) is 34.2 Å². The van der Waals surface area contributed by atoms with Crippen LogP contribution >= 0.6 is 27.5 Å². The lowest BCUT2D eigenvalue weighted by molar-refractivity contribution is 0.396. The number of ether oxygens (including phenoxy) is 1. The normalized spacial score (nSPS) is 15.0. The first-order valence-corrected chi connectivity index (χ1v) is 8.01. The summed E-state index contributed by atoms with van der Waals surface area (Å²) < 4.78 is 6.03. The molecule has 8 heteroatoms. The fourth-order valence-corrected chi connectivity index (χ4v) is 3.15. The van der Waals surface area contributed by atoms with E-state index in [4.69, 9.17) is 16.3 Å². The number of halogens is 2. The SMILES string of the molecule is COc1cc(N2CCN(c3ncc(Br)cc3Cl)CC2)ncn1. The summed E-state index contributed by atoms with van der Waals surface area (Å²) in [6.07, 6.45) is 3.29. The highest BCUT2D eigenvalue weighted by Crippen LogP contribution is 2.27. The molecule has 1 fully saturated rings. The van der Waals surface area contributed by atoms with Crippen molar-refractivity contribution in [3.63, 3.8) is 0 Å². The minimum absolute atomic E-state index is 0.574. The molecule has 3 rings (SSSR count). The van der Waals surface area contributed by atoms with Gasteiger partial charge in [-0.2, -0.15) is 0 Å². The van der Waals surface area contributed by atoms with Gasteiger partial charge in [0.1, 0.15) is 18.0 Å². The van der Waals surface area contributed by atoms with Crippen molar-refractivity contribution < 1.29 is 4.74 Å². The van der Waals surface area contributed by atoms with Crippen molar-refractivity contribution in [1.29, 1.82) is 0 Å². The smallest absolute Gasteiger partial charge is 0.218 e. The fraction of sp³-hybridized carbons (Fsp3) is 0.357. The summed E-state index contributed by atoms with van der Waals surface area (Å²) in [7, 11) is 1.60. The topological polar surface area (TPSA) is 54.4 Å². The van der Waals surface area contributed by atoms with Crippen LogP contribution in [-0.4, -0.2) is 48.2 Å². The predicted octanol–water partition coefficient (Wildman–Crippen LogP) is 2.62. The summed E-state index contributed by atoms with van der Waals surface area (Å²) in [5.74, 6) is 2.27. The lowest BCUT2D eigenvalue weighted by atomic mass is 10.3. The second kappa shape index (κ2) is 6.66. The molecule has 1 aliphatic heterocycles. The van der Waals surface area contributed by atoms with Crippen LogP contribution in [0.15, 0.2) is 29.1 Å². The Morgan fingerprint density at radius 2 is 1.82 bits per heavy atom. The molecule has 2 aromatic heterocycles. The third kappa shape index (κ3) is 3.25. The lowest BCUT2D eigenvalue weighted by Gasteiger charge is -2.36. The van der Waals surface area contributed by atoms with E-state index in [0.717, 1.165) is 42.3 Å². The van der Waals surface area contributed by atoms with Crippen molar-refractivity contribution in [3.8, 4) is 5.88 Å². The largest absolute Gasteiger partial charge is 0.481 e. The number of pyridine rings is 1. The molecule has 0 atom stereocenters. The number of methoxy groups -OCH3 is 1. The molecule has 0 aliphatic carbocycles. The first-order valence-electron chi connectivity index (χ1n) is 6.84. The summed E-state index contributed by atoms with van der Waals surface area (Å²) in [6.45, 7) is 3.35. The number of hydrogen-bond donors (Lipinski definition) is 0. The average molecular weight is 385 g/mol. The molecule has 2 aromatic rings. The van der Waals surface area contributed by atoms with Gasteiger partial charge in [0.05, 0.1) is 12.1 Å². The van der Waals surface area contributed by atoms with Gasteiger partial charge in [-0.1, -0.05) is 11.6 Å². The van der Waals surface area contributed by atoms with Crippen LogP contribution in [0.1, 0.15) is 0 Å². The van der Waals surface area contributed by atoms with E-state index < -0.39 is 0 Å². The summed E-state index contributed by atoms with van der Waals surface area (Å²) in [5.41, 5.74) is 0. The van der Waals surface area contributed by atoms with Gasteiger partial charge in [-0.05, 0) is 22.0 Å². The molecule has 116 valence electrons. The molecule has 0 radical (unpaired) electrons. The molecule has 0 bridgehead atoms. The van der Waals surface area contributed by atoms with Crippen LogP contribution in [0.2, 0.25) is 5.02 Å². The highest BCUT2D eigenvalue weighted by molar-refractivity contribution is 9.10. The molecular weight excluding hydrogens is 370 g/mol. The number of piperazine rings is 1. The van der Waals surface area contributed by atoms with Gasteiger partial charge in [0.2, 0.25) is 5.88 Å². The van der Waals surface area contributed by atoms with Crippen molar-refractivity contribution in [1.82, 2.24) is 15.0 Å². The number of nitrogens with zero attached hydrogens (tertiary/aromatic N) is 5. The van der Waals surface area contributed by atoms with E-state index in [1.165, 1.54) is 6.33 Å². The van der Waals surface area contributed by atoms with Crippen LogP contribution in [0.5, 0.6) is 5.88 Å². The maximum Gasteiger partial charge on any atom is 0.218 e. The summed E-state index contributed by atoms with van der Waals surface area (Å²) >= 11 is 9.65. The fourth-order valence-electron chi connectivity index (χ4n) is 2.40. The van der Waals surface area contributed by atoms with E-state index in [0.29, 0.717) is 10.9 Å². The van der Waals surface area contributed by atoms with Gasteiger partial charge in [0.15, 0.2) is 0 Å². The van der Waals surface area contributed by atoms with E-state index in [9.17, 15) is 0 Å². The molecule has 0 unspecified atom stereocenters. The Labute approximate surface area is 142 Å². The first-order chi connectivity index (χ1) is 10.7. The highest BCUT2D eigenvalue weighted by atomic mass is 79.9. The quantitative estimate of drug-likeness (QED) is 0.811. The molecule has 1 saturated heterocycles. The second-order valence-corrected chi connectivity index (χ2v) is 6.17. The standard InChI is InChI=1S/C14H15BrClN5O/c1-22-13-7-12(18-9-19-13)20-2-4-21(5-3-20)14-11(16)6-10(15)8-17-14/h6-9H,2-5H2,1H3. The Morgan fingerprint density at radius 1 is 1.09 bits per heavy atom. The van der Waals surface area contributed by atoms with Crippen LogP contribution < -0.4 is 14.5 Å². The number of hydrogen-bond acceptors (Lipinski definition) is 6. The van der Waals surface area contributed by atoms with Gasteiger partial charge >= 0.3 is 0 Å². The van der Waals surface area contributed by atoms with Gasteiger partial charge < -0.3 is 14.5 Å². The number of aromatic nitrogens is 3. The van der Waals surface area contributed by atoms with Crippen LogP contribution in [0, 0.1) is 0 Å². The second-order valence-electron chi connectivity index (χ2n) is 4.85. The highest BCUT2D eigenvalue weighted by Gasteiger charge is 2.21. The Balaban J connectivity index is 1.69. The zero-order valence-electron chi connectivity index (χ0n) is 12.0. The van der Waals surface area contributed by atoms with E-state index in [2.05, 4.69) is 40.7 Å². The monoisotopic (exact) mass is 383 g/mol. The summed E-state index contributed by atoms with van der Waals surface area (Å²) in [5, 5.41) is 0.659. The van der Waals surface area contributed by atoms with E-state index in [-0.39, 0.29) is 0 Å². The van der Waals surface area contributed by atoms with Crippen LogP contribution in [-0.2, 0) is 0 Å². The Hall–Kier alpha value is -1.60. The number of rotatable bonds is 3. The molecule has 0 saturated carbocycles. The minimum atomic E-state index is 0.574. The van der Waals surface area contributed by atoms with E-state index >= 15 is 0 Å². The van der Waals surface area contributed by atoms with Gasteiger partial charge in [-0.3, -0.25) is 0 Å². The van der Waals surface area contributed by atoms with Crippen molar-refractivity contribution in [2.75, 3.05) is 43.1 Å². The Kier molecular flexibility index (Phi) is 4.63. The van der Waals surface area contributed by atoms with Crippen molar-refractivity contribution >= 4 is 39.2 Å². The molecule has 0 spiro atoms. The molecule has 6 nitrogen and oxygen atoms in total. The van der Waals surface area contributed by atoms with Crippen molar-refractivity contribution in [2.24, 2.45) is 0 Å². The number of anilines is 2. The van der Waals surface area contributed by atoms with Crippen LogP contribution in [0.3, 0.4) is 0 Å². The average Bonchev–Trinajstić information content (AvgIpc) is 2.55. The third-order valence-corrected chi connectivity index (χ3v) is 4.24. The van der Waals surface area contributed by atoms with Gasteiger partial charge in [0.25, 0.3) is 0 Å². The molecule has 3 heterocycles. The summed E-state index contributed by atoms with van der Waals surface area (Å²) in [4.78, 5) is 17.1. The third-order valence-electron chi connectivity index (χ3n) is 3.53. The molecule has 0 amide bonds. The Bertz CT molecular complexity index is 663. The van der Waals surface area contributed by atoms with Crippen molar-refractivity contribution in [2.45, 2.75) is 0 Å². The Morgan fingerprint density at radius 3 is 2.50 bits per heavy atom. The lowest BCUT2D eigenvalue weighted by Crippen LogP contribution is -2.47. The predicted molar refractivity (Wildman–Crippen MR) is 90.0 cm³/mol. The van der Waals surface area contributed by atoms with Crippen LogP contribution in [0.25, 0.3) is 0 Å². The van der Waals surface area contributed by atoms with Gasteiger partial charge in [0, 0.05) is 42.9 Å². The minimum Gasteiger partial charge on any atom is -0.481 e. The molecule has 0 aromatic carbocycles. The van der Waals surface area contributed by atoms with Gasteiger partial charge in [-0.15, -0.1) is 0 Å². The molecule has 1 aliphatic rings. The molecule has 22 heavy (non-hydrogen) atoms. The molecular formula is C14H15BrClN5O. The van der Waals surface area contributed by atoms with Gasteiger partial charge in [-0.25, -0.2) is 15.0 Å². The zero-order chi connectivity index (χ0) is 15.5. The maximum atomic E-state index is 6.27. The molecule has 0 N–H and O–H groups in total. The van der Waals surface area contributed by atoms with E-state index in [1.807, 2.05) is 12.1 Å². The first kappa shape index (κ1) is 15.3. The zero-order valence-corrected chi connectivity index (χ0v) is 14.4. The summed E-state index contributed by atoms with van der Waals surface area (Å²) in [6, 6.07) is 3.71. The maximum absolute atomic E-state index is 6.27. The van der Waals surface area contributed by atoms with E-state index in [1.54, 1.807) is 13.3 Å². The van der Waals surface area contributed by atoms with Crippen LogP contribution in [0.4, 0.5) is 11.6 Å².